The van der Waals surface area contributed by atoms with Crippen LogP contribution in [-0.2, 0) is 33.7 Å². The van der Waals surface area contributed by atoms with E-state index >= 15 is 0 Å². The number of carbonyl (C=O) groups excluding carboxylic acids is 2. The van der Waals surface area contributed by atoms with Crippen molar-refractivity contribution in [2.75, 3.05) is 57.9 Å². The van der Waals surface area contributed by atoms with Crippen LogP contribution in [0.1, 0.15) is 29.7 Å². The summed E-state index contributed by atoms with van der Waals surface area (Å²) in [7, 11) is 1.43. The quantitative estimate of drug-likeness (QED) is 0.517. The summed E-state index contributed by atoms with van der Waals surface area (Å²) in [5, 5.41) is 0. The van der Waals surface area contributed by atoms with Crippen LogP contribution in [0.5, 0.6) is 0 Å². The summed E-state index contributed by atoms with van der Waals surface area (Å²) in [5.41, 5.74) is 5.66. The third-order valence-corrected chi connectivity index (χ3v) is 8.15. The Balaban J connectivity index is 1.35. The fraction of sp³-hybridized carbons (Fsp3) is 0.483. The van der Waals surface area contributed by atoms with Crippen LogP contribution in [0.25, 0.3) is 11.0 Å². The zero-order valence-corrected chi connectivity index (χ0v) is 22.1. The Morgan fingerprint density at radius 3 is 2.47 bits per heavy atom. The lowest BCUT2D eigenvalue weighted by molar-refractivity contribution is -0.150. The first-order valence-electron chi connectivity index (χ1n) is 13.5. The molecule has 0 spiro atoms. The molecule has 2 fully saturated rings. The molecule has 38 heavy (non-hydrogen) atoms. The molecule has 6 rings (SSSR count). The number of methoxy groups -OCH3 is 1. The molecule has 2 aromatic carbocycles. The molecule has 0 N–H and O–H groups in total. The van der Waals surface area contributed by atoms with Gasteiger partial charge >= 0.3 is 6.09 Å². The third-order valence-electron chi connectivity index (χ3n) is 8.15. The topological polar surface area (TPSA) is 80.1 Å². The van der Waals surface area contributed by atoms with Gasteiger partial charge in [-0.1, -0.05) is 36.4 Å². The Morgan fingerprint density at radius 1 is 1.03 bits per heavy atom. The minimum atomic E-state index is -0.303. The molecule has 0 unspecified atom stereocenters. The van der Waals surface area contributed by atoms with Gasteiger partial charge in [0.15, 0.2) is 0 Å². The summed E-state index contributed by atoms with van der Waals surface area (Å²) < 4.78 is 12.6. The maximum atomic E-state index is 12.8. The number of carbonyl (C=O) groups is 2. The van der Waals surface area contributed by atoms with Crippen molar-refractivity contribution in [3.8, 4) is 0 Å². The molecule has 0 bridgehead atoms. The molecule has 3 aromatic rings. The first-order chi connectivity index (χ1) is 18.5. The van der Waals surface area contributed by atoms with E-state index in [1.807, 2.05) is 11.0 Å². The molecular formula is C29H35N5O4. The average molecular weight is 518 g/mol. The molecule has 0 saturated carbocycles. The fourth-order valence-corrected chi connectivity index (χ4v) is 5.93. The molecule has 0 radical (unpaired) electrons. The van der Waals surface area contributed by atoms with Crippen molar-refractivity contribution in [3.63, 3.8) is 0 Å². The van der Waals surface area contributed by atoms with Crippen molar-refractivity contribution in [2.45, 2.75) is 32.4 Å². The summed E-state index contributed by atoms with van der Waals surface area (Å²) in [6, 6.07) is 15.1. The number of benzene rings is 2. The van der Waals surface area contributed by atoms with E-state index < -0.39 is 0 Å². The van der Waals surface area contributed by atoms with Crippen molar-refractivity contribution < 1.29 is 19.1 Å². The highest BCUT2D eigenvalue weighted by molar-refractivity contribution is 5.85. The summed E-state index contributed by atoms with van der Waals surface area (Å²) in [6.45, 7) is 7.29. The second-order valence-corrected chi connectivity index (χ2v) is 10.6. The van der Waals surface area contributed by atoms with Crippen molar-refractivity contribution in [1.82, 2.24) is 19.4 Å². The minimum Gasteiger partial charge on any atom is -0.453 e. The standard InChI is InChI=1S/C29H35N5O4/c1-20(16-21-6-4-3-5-7-21)34-25-9-8-22-10-11-33(29(36)37-2)17-24(22)26(25)30-28(34)32-14-12-31(13-15-32)27(35)23-18-38-19-23/h3-9,20,23H,10-19H2,1-2H3/t20-/m0/s1. The van der Waals surface area contributed by atoms with Gasteiger partial charge < -0.3 is 28.7 Å². The number of hydrogen-bond donors (Lipinski definition) is 0. The lowest BCUT2D eigenvalue weighted by atomic mass is 9.98. The van der Waals surface area contributed by atoms with E-state index in [4.69, 9.17) is 14.5 Å². The van der Waals surface area contributed by atoms with Crippen molar-refractivity contribution in [2.24, 2.45) is 5.92 Å². The number of hydrogen-bond acceptors (Lipinski definition) is 6. The predicted molar refractivity (Wildman–Crippen MR) is 144 cm³/mol. The zero-order chi connectivity index (χ0) is 26.2. The first kappa shape index (κ1) is 24.7. The van der Waals surface area contributed by atoms with E-state index in [2.05, 4.69) is 52.8 Å². The molecule has 2 saturated heterocycles. The van der Waals surface area contributed by atoms with E-state index in [9.17, 15) is 9.59 Å². The molecule has 3 aliphatic heterocycles. The van der Waals surface area contributed by atoms with Crippen molar-refractivity contribution in [1.29, 1.82) is 0 Å². The van der Waals surface area contributed by atoms with Crippen LogP contribution in [0.15, 0.2) is 42.5 Å². The molecule has 1 aromatic heterocycles. The van der Waals surface area contributed by atoms with Gasteiger partial charge in [-0.05, 0) is 37.0 Å². The second-order valence-electron chi connectivity index (χ2n) is 10.6. The largest absolute Gasteiger partial charge is 0.453 e. The maximum absolute atomic E-state index is 12.8. The van der Waals surface area contributed by atoms with E-state index in [1.54, 1.807) is 4.90 Å². The van der Waals surface area contributed by atoms with Crippen LogP contribution < -0.4 is 4.90 Å². The minimum absolute atomic E-state index is 0.0151. The van der Waals surface area contributed by atoms with E-state index in [1.165, 1.54) is 18.2 Å². The van der Waals surface area contributed by atoms with Gasteiger partial charge in [-0.15, -0.1) is 0 Å². The van der Waals surface area contributed by atoms with E-state index in [-0.39, 0.29) is 24.0 Å². The molecule has 4 heterocycles. The summed E-state index contributed by atoms with van der Waals surface area (Å²) in [4.78, 5) is 36.4. The summed E-state index contributed by atoms with van der Waals surface area (Å²) in [6.07, 6.45) is 1.36. The SMILES string of the molecule is COC(=O)N1CCc2ccc3c(nc(N4CCN(C(=O)C5COC5)CC4)n3[C@@H](C)Cc3ccccc3)c2C1. The lowest BCUT2D eigenvalue weighted by Gasteiger charge is -2.39. The number of aromatic nitrogens is 2. The zero-order valence-electron chi connectivity index (χ0n) is 22.1. The number of piperazine rings is 1. The van der Waals surface area contributed by atoms with Crippen molar-refractivity contribution >= 4 is 29.0 Å². The van der Waals surface area contributed by atoms with Gasteiger partial charge in [-0.2, -0.15) is 0 Å². The van der Waals surface area contributed by atoms with Gasteiger partial charge in [0.25, 0.3) is 0 Å². The molecule has 9 heteroatoms. The van der Waals surface area contributed by atoms with Gasteiger partial charge in [0.05, 0.1) is 43.8 Å². The van der Waals surface area contributed by atoms with Crippen LogP contribution in [0.2, 0.25) is 0 Å². The van der Waals surface area contributed by atoms with Gasteiger partial charge in [0, 0.05) is 44.3 Å². The van der Waals surface area contributed by atoms with E-state index in [0.29, 0.717) is 39.4 Å². The van der Waals surface area contributed by atoms with E-state index in [0.717, 1.165) is 48.5 Å². The predicted octanol–water partition coefficient (Wildman–Crippen LogP) is 3.26. The Kier molecular flexibility index (Phi) is 6.69. The Morgan fingerprint density at radius 2 is 1.79 bits per heavy atom. The van der Waals surface area contributed by atoms with Crippen molar-refractivity contribution in [3.05, 3.63) is 59.2 Å². The van der Waals surface area contributed by atoms with Gasteiger partial charge in [-0.25, -0.2) is 9.78 Å². The highest BCUT2D eigenvalue weighted by Crippen LogP contribution is 2.34. The average Bonchev–Trinajstić information content (AvgIpc) is 3.32. The van der Waals surface area contributed by atoms with Crippen LogP contribution in [-0.4, -0.2) is 84.4 Å². The summed E-state index contributed by atoms with van der Waals surface area (Å²) >= 11 is 0. The fourth-order valence-electron chi connectivity index (χ4n) is 5.93. The molecular weight excluding hydrogens is 482 g/mol. The number of fused-ring (bicyclic) bond motifs is 3. The van der Waals surface area contributed by atoms with Crippen LogP contribution in [0.3, 0.4) is 0 Å². The van der Waals surface area contributed by atoms with Gasteiger partial charge in [0.1, 0.15) is 0 Å². The third kappa shape index (κ3) is 4.49. The number of nitrogens with zero attached hydrogens (tertiary/aromatic N) is 5. The maximum Gasteiger partial charge on any atom is 0.409 e. The smallest absolute Gasteiger partial charge is 0.409 e. The Labute approximate surface area is 222 Å². The number of anilines is 1. The Bertz CT molecular complexity index is 1330. The molecule has 3 aliphatic rings. The highest BCUT2D eigenvalue weighted by atomic mass is 16.5. The second kappa shape index (κ2) is 10.3. The summed E-state index contributed by atoms with van der Waals surface area (Å²) in [5.74, 6) is 1.16. The van der Waals surface area contributed by atoms with Crippen LogP contribution in [0.4, 0.5) is 10.7 Å². The number of amides is 2. The Hall–Kier alpha value is -3.59. The lowest BCUT2D eigenvalue weighted by Crippen LogP contribution is -2.53. The first-order valence-corrected chi connectivity index (χ1v) is 13.5. The molecule has 9 nitrogen and oxygen atoms in total. The highest BCUT2D eigenvalue weighted by Gasteiger charge is 2.34. The molecule has 0 aliphatic carbocycles. The molecule has 1 atom stereocenters. The number of ether oxygens (including phenoxy) is 2. The van der Waals surface area contributed by atoms with Crippen LogP contribution in [0, 0.1) is 5.92 Å². The number of imidazole rings is 1. The van der Waals surface area contributed by atoms with Gasteiger partial charge in [-0.3, -0.25) is 4.79 Å². The number of rotatable bonds is 5. The molecule has 200 valence electrons. The van der Waals surface area contributed by atoms with Crippen LogP contribution >= 0.6 is 0 Å². The molecule has 2 amide bonds. The normalized spacial score (nSPS) is 18.7. The monoisotopic (exact) mass is 517 g/mol. The van der Waals surface area contributed by atoms with Gasteiger partial charge in [0.2, 0.25) is 11.9 Å².